The molecule has 0 unspecified atom stereocenters. The number of aromatic nitrogens is 2. The van der Waals surface area contributed by atoms with E-state index in [1.165, 1.54) is 16.9 Å². The van der Waals surface area contributed by atoms with Crippen LogP contribution in [0, 0.1) is 0 Å². The largest absolute Gasteiger partial charge is 0.365 e. The van der Waals surface area contributed by atoms with Crippen LogP contribution in [0.5, 0.6) is 0 Å². The minimum atomic E-state index is 0.272. The predicted octanol–water partition coefficient (Wildman–Crippen LogP) is 2.95. The van der Waals surface area contributed by atoms with Gasteiger partial charge in [-0.25, -0.2) is 0 Å². The van der Waals surface area contributed by atoms with E-state index in [1.54, 1.807) is 0 Å². The molecule has 2 aromatic carbocycles. The number of hydrogen-bond donors (Lipinski definition) is 1. The average molecular weight is 349 g/mol. The number of benzene rings is 2. The highest BCUT2D eigenvalue weighted by molar-refractivity contribution is 5.72. The lowest BCUT2D eigenvalue weighted by atomic mass is 10.1. The van der Waals surface area contributed by atoms with E-state index in [4.69, 9.17) is 10.3 Å². The molecule has 0 aliphatic carbocycles. The topological polar surface area (TPSA) is 71.4 Å². The van der Waals surface area contributed by atoms with Gasteiger partial charge < -0.3 is 20.1 Å². The Labute approximate surface area is 153 Å². The van der Waals surface area contributed by atoms with Crippen LogP contribution < -0.4 is 15.5 Å². The summed E-state index contributed by atoms with van der Waals surface area (Å²) >= 11 is 0. The van der Waals surface area contributed by atoms with E-state index in [0.717, 1.165) is 26.1 Å². The first-order valence-electron chi connectivity index (χ1n) is 8.98. The summed E-state index contributed by atoms with van der Waals surface area (Å²) in [5.74, 6) is 1.16. The molecule has 3 aromatic rings. The van der Waals surface area contributed by atoms with Crippen molar-refractivity contribution in [3.05, 3.63) is 71.9 Å². The summed E-state index contributed by atoms with van der Waals surface area (Å²) in [5.41, 5.74) is 9.35. The van der Waals surface area contributed by atoms with E-state index in [9.17, 15) is 0 Å². The normalized spacial score (nSPS) is 14.2. The lowest BCUT2D eigenvalue weighted by molar-refractivity contribution is 0.374. The van der Waals surface area contributed by atoms with Gasteiger partial charge in [-0.1, -0.05) is 47.6 Å². The molecule has 2 heterocycles. The van der Waals surface area contributed by atoms with Crippen LogP contribution in [0.1, 0.15) is 23.7 Å². The molecule has 6 heteroatoms. The average Bonchev–Trinajstić information content (AvgIpc) is 3.08. The van der Waals surface area contributed by atoms with Gasteiger partial charge in [0.1, 0.15) is 0 Å². The Bertz CT molecular complexity index is 848. The minimum Gasteiger partial charge on any atom is -0.365 e. The first-order valence-corrected chi connectivity index (χ1v) is 8.98. The Hall–Kier alpha value is -2.86. The fraction of sp³-hybridized carbons (Fsp3) is 0.300. The van der Waals surface area contributed by atoms with E-state index in [0.29, 0.717) is 18.3 Å². The molecule has 6 nitrogen and oxygen atoms in total. The first-order chi connectivity index (χ1) is 12.8. The van der Waals surface area contributed by atoms with Gasteiger partial charge >= 0.3 is 0 Å². The van der Waals surface area contributed by atoms with E-state index in [1.807, 2.05) is 0 Å². The molecule has 134 valence electrons. The number of fused-ring (bicyclic) bond motifs is 1. The highest BCUT2D eigenvalue weighted by atomic mass is 16.5. The van der Waals surface area contributed by atoms with Gasteiger partial charge in [0.2, 0.25) is 5.89 Å². The molecule has 0 saturated carbocycles. The van der Waals surface area contributed by atoms with Gasteiger partial charge in [-0.15, -0.1) is 0 Å². The maximum atomic E-state index is 5.57. The Kier molecular flexibility index (Phi) is 4.84. The molecule has 0 radical (unpaired) electrons. The third-order valence-electron chi connectivity index (χ3n) is 4.65. The molecule has 1 aliphatic heterocycles. The van der Waals surface area contributed by atoms with Crippen LogP contribution in [0.2, 0.25) is 0 Å². The molecule has 0 saturated heterocycles. The van der Waals surface area contributed by atoms with Crippen molar-refractivity contribution in [3.8, 4) is 0 Å². The molecule has 2 N–H and O–H groups in total. The summed E-state index contributed by atoms with van der Waals surface area (Å²) < 4.78 is 5.15. The fourth-order valence-electron chi connectivity index (χ4n) is 3.43. The number of para-hydroxylation sites is 2. The lowest BCUT2D eigenvalue weighted by Gasteiger charge is -2.27. The van der Waals surface area contributed by atoms with E-state index < -0.39 is 0 Å². The summed E-state index contributed by atoms with van der Waals surface area (Å²) in [6.45, 7) is 3.77. The van der Waals surface area contributed by atoms with Crippen LogP contribution in [0.25, 0.3) is 0 Å². The molecule has 26 heavy (non-hydrogen) atoms. The summed E-state index contributed by atoms with van der Waals surface area (Å²) in [5, 5.41) is 4.05. The van der Waals surface area contributed by atoms with Crippen molar-refractivity contribution >= 4 is 11.4 Å². The van der Waals surface area contributed by atoms with Gasteiger partial charge in [0.05, 0.1) is 24.5 Å². The summed E-state index contributed by atoms with van der Waals surface area (Å²) in [7, 11) is 0. The number of nitrogens with zero attached hydrogens (tertiary/aromatic N) is 4. The second-order valence-corrected chi connectivity index (χ2v) is 6.48. The van der Waals surface area contributed by atoms with E-state index >= 15 is 0 Å². The standard InChI is InChI=1S/C20H23N5O/c21-13-20-22-19(23-26-20)15-25-12-6-11-24(14-16-7-2-1-3-8-16)17-9-4-5-10-18(17)25/h1-5,7-10H,6,11-15,21H2. The zero-order valence-corrected chi connectivity index (χ0v) is 14.7. The highest BCUT2D eigenvalue weighted by Crippen LogP contribution is 2.33. The maximum absolute atomic E-state index is 5.57. The van der Waals surface area contributed by atoms with Gasteiger partial charge in [-0.2, -0.15) is 4.98 Å². The molecular formula is C20H23N5O. The smallest absolute Gasteiger partial charge is 0.240 e. The minimum absolute atomic E-state index is 0.272. The molecule has 0 amide bonds. The van der Waals surface area contributed by atoms with Crippen LogP contribution in [0.15, 0.2) is 59.1 Å². The second-order valence-electron chi connectivity index (χ2n) is 6.48. The monoisotopic (exact) mass is 349 g/mol. The van der Waals surface area contributed by atoms with Crippen molar-refractivity contribution in [1.29, 1.82) is 0 Å². The van der Waals surface area contributed by atoms with Gasteiger partial charge in [0, 0.05) is 19.6 Å². The lowest BCUT2D eigenvalue weighted by Crippen LogP contribution is -2.24. The van der Waals surface area contributed by atoms with Gasteiger partial charge in [0.25, 0.3) is 0 Å². The molecule has 4 rings (SSSR count). The number of nitrogens with two attached hydrogens (primary N) is 1. The van der Waals surface area contributed by atoms with Crippen molar-refractivity contribution in [2.75, 3.05) is 22.9 Å². The van der Waals surface area contributed by atoms with Crippen LogP contribution >= 0.6 is 0 Å². The summed E-state index contributed by atoms with van der Waals surface area (Å²) in [4.78, 5) is 9.13. The maximum Gasteiger partial charge on any atom is 0.240 e. The summed E-state index contributed by atoms with van der Waals surface area (Å²) in [6.07, 6.45) is 1.07. The predicted molar refractivity (Wildman–Crippen MR) is 102 cm³/mol. The molecule has 0 atom stereocenters. The zero-order chi connectivity index (χ0) is 17.8. The zero-order valence-electron chi connectivity index (χ0n) is 14.7. The Morgan fingerprint density at radius 2 is 1.54 bits per heavy atom. The van der Waals surface area contributed by atoms with Crippen LogP contribution in [0.3, 0.4) is 0 Å². The van der Waals surface area contributed by atoms with E-state index in [2.05, 4.69) is 74.5 Å². The molecule has 1 aliphatic rings. The van der Waals surface area contributed by atoms with Crippen molar-refractivity contribution in [1.82, 2.24) is 10.1 Å². The molecule has 0 spiro atoms. The number of rotatable bonds is 5. The third kappa shape index (κ3) is 3.55. The summed E-state index contributed by atoms with van der Waals surface area (Å²) in [6, 6.07) is 19.1. The van der Waals surface area contributed by atoms with Crippen molar-refractivity contribution in [2.45, 2.75) is 26.1 Å². The molecule has 0 fully saturated rings. The Morgan fingerprint density at radius 3 is 2.19 bits per heavy atom. The first kappa shape index (κ1) is 16.6. The van der Waals surface area contributed by atoms with Gasteiger partial charge in [-0.3, -0.25) is 0 Å². The van der Waals surface area contributed by atoms with E-state index in [-0.39, 0.29) is 6.54 Å². The Balaban J connectivity index is 1.59. The van der Waals surface area contributed by atoms with Crippen molar-refractivity contribution < 1.29 is 4.52 Å². The van der Waals surface area contributed by atoms with Crippen molar-refractivity contribution in [3.63, 3.8) is 0 Å². The SMILES string of the molecule is NCc1nc(CN2CCCN(Cc3ccccc3)c3ccccc32)no1. The van der Waals surface area contributed by atoms with Gasteiger partial charge in [-0.05, 0) is 24.1 Å². The molecule has 0 bridgehead atoms. The third-order valence-corrected chi connectivity index (χ3v) is 4.65. The number of hydrogen-bond acceptors (Lipinski definition) is 6. The number of anilines is 2. The van der Waals surface area contributed by atoms with Crippen molar-refractivity contribution in [2.24, 2.45) is 5.73 Å². The fourth-order valence-corrected chi connectivity index (χ4v) is 3.43. The van der Waals surface area contributed by atoms with Gasteiger partial charge in [0.15, 0.2) is 5.82 Å². The van der Waals surface area contributed by atoms with Crippen LogP contribution in [-0.2, 0) is 19.6 Å². The quantitative estimate of drug-likeness (QED) is 0.764. The molecule has 1 aromatic heterocycles. The molecular weight excluding hydrogens is 326 g/mol. The van der Waals surface area contributed by atoms with Crippen LogP contribution in [-0.4, -0.2) is 23.2 Å². The second kappa shape index (κ2) is 7.58. The Morgan fingerprint density at radius 1 is 0.885 bits per heavy atom. The highest BCUT2D eigenvalue weighted by Gasteiger charge is 2.21. The van der Waals surface area contributed by atoms with Crippen LogP contribution in [0.4, 0.5) is 11.4 Å².